The zero-order valence-electron chi connectivity index (χ0n) is 17.3. The largest absolute Gasteiger partial charge is 0.462 e. The molecule has 1 unspecified atom stereocenters. The van der Waals surface area contributed by atoms with Crippen molar-refractivity contribution in [2.24, 2.45) is 0 Å². The van der Waals surface area contributed by atoms with Crippen LogP contribution in [0.4, 0.5) is 5.69 Å². The van der Waals surface area contributed by atoms with E-state index in [1.54, 1.807) is 11.8 Å². The highest BCUT2D eigenvalue weighted by Crippen LogP contribution is 2.27. The van der Waals surface area contributed by atoms with Gasteiger partial charge < -0.3 is 9.64 Å². The van der Waals surface area contributed by atoms with Crippen molar-refractivity contribution in [2.75, 3.05) is 13.2 Å². The van der Waals surface area contributed by atoms with E-state index in [0.29, 0.717) is 6.54 Å². The third-order valence-corrected chi connectivity index (χ3v) is 5.37. The molecule has 0 heterocycles. The van der Waals surface area contributed by atoms with Gasteiger partial charge in [-0.25, -0.2) is 4.79 Å². The molecular weight excluding hydrogens is 384 g/mol. The maximum absolute atomic E-state index is 13.4. The molecule has 0 bridgehead atoms. The van der Waals surface area contributed by atoms with E-state index >= 15 is 0 Å². The Morgan fingerprint density at radius 1 is 1.13 bits per heavy atom. The van der Waals surface area contributed by atoms with Gasteiger partial charge in [-0.3, -0.25) is 14.9 Å². The Bertz CT molecular complexity index is 956. The number of non-ortho nitro benzene ring substituents is 1. The SMILES string of the molecule is CCCN(C(=O)c1cc(C(=O)OCC)cc([N+](=O)[O-])c1)C1CCc2ccccc2C1. The lowest BCUT2D eigenvalue weighted by molar-refractivity contribution is -0.384. The first-order valence-electron chi connectivity index (χ1n) is 10.3. The van der Waals surface area contributed by atoms with Crippen LogP contribution in [0.3, 0.4) is 0 Å². The molecule has 0 saturated heterocycles. The zero-order valence-corrected chi connectivity index (χ0v) is 17.3. The highest BCUT2D eigenvalue weighted by molar-refractivity contribution is 5.99. The van der Waals surface area contributed by atoms with Crippen LogP contribution in [-0.4, -0.2) is 40.9 Å². The fraction of sp³-hybridized carbons (Fsp3) is 0.391. The van der Waals surface area contributed by atoms with Gasteiger partial charge in [-0.2, -0.15) is 0 Å². The molecule has 30 heavy (non-hydrogen) atoms. The molecule has 1 amide bonds. The summed E-state index contributed by atoms with van der Waals surface area (Å²) in [5.41, 5.74) is 2.39. The van der Waals surface area contributed by atoms with Crippen LogP contribution in [0.2, 0.25) is 0 Å². The van der Waals surface area contributed by atoms with Crippen molar-refractivity contribution in [3.05, 3.63) is 74.8 Å². The summed E-state index contributed by atoms with van der Waals surface area (Å²) >= 11 is 0. The molecule has 0 radical (unpaired) electrons. The second-order valence-corrected chi connectivity index (χ2v) is 7.41. The number of carbonyl (C=O) groups is 2. The molecule has 2 aromatic rings. The fourth-order valence-electron chi connectivity index (χ4n) is 3.97. The predicted octanol–water partition coefficient (Wildman–Crippen LogP) is 4.18. The predicted molar refractivity (Wildman–Crippen MR) is 113 cm³/mol. The molecule has 7 nitrogen and oxygen atoms in total. The Kier molecular flexibility index (Phi) is 6.82. The summed E-state index contributed by atoms with van der Waals surface area (Å²) in [5.74, 6) is -0.973. The van der Waals surface area contributed by atoms with Gasteiger partial charge in [0.05, 0.1) is 17.1 Å². The normalized spacial score (nSPS) is 15.2. The maximum atomic E-state index is 13.4. The molecule has 7 heteroatoms. The Morgan fingerprint density at radius 3 is 2.50 bits per heavy atom. The van der Waals surface area contributed by atoms with Gasteiger partial charge in [0.25, 0.3) is 11.6 Å². The van der Waals surface area contributed by atoms with Crippen LogP contribution in [0.25, 0.3) is 0 Å². The van der Waals surface area contributed by atoms with E-state index in [2.05, 4.69) is 12.1 Å². The highest BCUT2D eigenvalue weighted by Gasteiger charge is 2.29. The molecule has 158 valence electrons. The molecule has 1 aliphatic rings. The number of benzene rings is 2. The first-order chi connectivity index (χ1) is 14.4. The standard InChI is InChI=1S/C23H26N2O5/c1-3-11-24(20-10-9-16-7-5-6-8-17(16)13-20)22(26)18-12-19(23(27)30-4-2)15-21(14-18)25(28)29/h5-8,12,14-15,20H,3-4,9-11,13H2,1-2H3. The summed E-state index contributed by atoms with van der Waals surface area (Å²) in [6.45, 7) is 4.34. The number of fused-ring (bicyclic) bond motifs is 1. The van der Waals surface area contributed by atoms with Gasteiger partial charge in [-0.1, -0.05) is 31.2 Å². The van der Waals surface area contributed by atoms with Crippen LogP contribution in [0.1, 0.15) is 58.5 Å². The van der Waals surface area contributed by atoms with Gasteiger partial charge in [0.2, 0.25) is 0 Å². The number of ether oxygens (including phenoxy) is 1. The topological polar surface area (TPSA) is 89.8 Å². The summed E-state index contributed by atoms with van der Waals surface area (Å²) in [7, 11) is 0. The van der Waals surface area contributed by atoms with Crippen LogP contribution in [0.5, 0.6) is 0 Å². The molecule has 1 atom stereocenters. The number of esters is 1. The maximum Gasteiger partial charge on any atom is 0.338 e. The van der Waals surface area contributed by atoms with Crippen molar-refractivity contribution in [3.63, 3.8) is 0 Å². The second kappa shape index (κ2) is 9.52. The lowest BCUT2D eigenvalue weighted by Gasteiger charge is -2.35. The van der Waals surface area contributed by atoms with E-state index < -0.39 is 10.9 Å². The summed E-state index contributed by atoms with van der Waals surface area (Å²) in [4.78, 5) is 38.1. The van der Waals surface area contributed by atoms with Crippen molar-refractivity contribution < 1.29 is 19.2 Å². The molecule has 1 aliphatic carbocycles. The number of carbonyl (C=O) groups excluding carboxylic acids is 2. The van der Waals surface area contributed by atoms with E-state index in [-0.39, 0.29) is 35.4 Å². The molecule has 2 aromatic carbocycles. The number of rotatable bonds is 7. The molecule has 0 aromatic heterocycles. The Balaban J connectivity index is 1.93. The number of hydrogen-bond acceptors (Lipinski definition) is 5. The molecule has 0 N–H and O–H groups in total. The number of nitrogens with zero attached hydrogens (tertiary/aromatic N) is 2. The van der Waals surface area contributed by atoms with Gasteiger partial charge >= 0.3 is 5.97 Å². The molecular formula is C23H26N2O5. The number of nitro benzene ring substituents is 1. The van der Waals surface area contributed by atoms with Gasteiger partial charge in [-0.15, -0.1) is 0 Å². The van der Waals surface area contributed by atoms with Crippen LogP contribution in [0, 0.1) is 10.1 Å². The molecule has 0 fully saturated rings. The molecule has 3 rings (SSSR count). The van der Waals surface area contributed by atoms with Crippen molar-refractivity contribution in [3.8, 4) is 0 Å². The van der Waals surface area contributed by atoms with Crippen LogP contribution in [-0.2, 0) is 17.6 Å². The van der Waals surface area contributed by atoms with E-state index in [0.717, 1.165) is 31.7 Å². The molecule has 0 aliphatic heterocycles. The third-order valence-electron chi connectivity index (χ3n) is 5.37. The van der Waals surface area contributed by atoms with Gasteiger partial charge in [0.15, 0.2) is 0 Å². The van der Waals surface area contributed by atoms with E-state index in [1.165, 1.54) is 23.3 Å². The third kappa shape index (κ3) is 4.67. The average Bonchev–Trinajstić information content (AvgIpc) is 2.76. The van der Waals surface area contributed by atoms with Gasteiger partial charge in [0.1, 0.15) is 0 Å². The Morgan fingerprint density at radius 2 is 1.83 bits per heavy atom. The zero-order chi connectivity index (χ0) is 21.7. The van der Waals surface area contributed by atoms with Crippen molar-refractivity contribution in [1.29, 1.82) is 0 Å². The Labute approximate surface area is 175 Å². The lowest BCUT2D eigenvalue weighted by atomic mass is 9.87. The first kappa shape index (κ1) is 21.5. The summed E-state index contributed by atoms with van der Waals surface area (Å²) in [5, 5.41) is 11.4. The minimum absolute atomic E-state index is 0.0117. The monoisotopic (exact) mass is 410 g/mol. The molecule has 0 spiro atoms. The lowest BCUT2D eigenvalue weighted by Crippen LogP contribution is -2.44. The van der Waals surface area contributed by atoms with Crippen LogP contribution >= 0.6 is 0 Å². The number of aryl methyl sites for hydroxylation is 1. The quantitative estimate of drug-likeness (QED) is 0.388. The average molecular weight is 410 g/mol. The summed E-state index contributed by atoms with van der Waals surface area (Å²) < 4.78 is 4.97. The van der Waals surface area contributed by atoms with Crippen LogP contribution in [0.15, 0.2) is 42.5 Å². The number of hydrogen-bond donors (Lipinski definition) is 0. The Hall–Kier alpha value is -3.22. The van der Waals surface area contributed by atoms with Crippen molar-refractivity contribution in [2.45, 2.75) is 45.6 Å². The fourth-order valence-corrected chi connectivity index (χ4v) is 3.97. The first-order valence-corrected chi connectivity index (χ1v) is 10.3. The van der Waals surface area contributed by atoms with E-state index in [4.69, 9.17) is 4.74 Å². The minimum atomic E-state index is -0.677. The van der Waals surface area contributed by atoms with E-state index in [1.807, 2.05) is 19.1 Å². The number of nitro groups is 1. The summed E-state index contributed by atoms with van der Waals surface area (Å²) in [6.07, 6.45) is 3.24. The smallest absolute Gasteiger partial charge is 0.338 e. The van der Waals surface area contributed by atoms with Gasteiger partial charge in [-0.05, 0) is 49.8 Å². The van der Waals surface area contributed by atoms with Gasteiger partial charge in [0, 0.05) is 30.3 Å². The van der Waals surface area contributed by atoms with Crippen molar-refractivity contribution in [1.82, 2.24) is 4.90 Å². The highest BCUT2D eigenvalue weighted by atomic mass is 16.6. The number of amides is 1. The second-order valence-electron chi connectivity index (χ2n) is 7.41. The summed E-state index contributed by atoms with van der Waals surface area (Å²) in [6, 6.07) is 12.0. The molecule has 0 saturated carbocycles. The van der Waals surface area contributed by atoms with Crippen molar-refractivity contribution >= 4 is 17.6 Å². The van der Waals surface area contributed by atoms with E-state index in [9.17, 15) is 19.7 Å². The minimum Gasteiger partial charge on any atom is -0.462 e. The van der Waals surface area contributed by atoms with Crippen LogP contribution < -0.4 is 0 Å².